The van der Waals surface area contributed by atoms with Gasteiger partial charge in [-0.15, -0.1) is 13.2 Å². The number of rotatable bonds is 6. The van der Waals surface area contributed by atoms with Crippen molar-refractivity contribution in [3.63, 3.8) is 0 Å². The second kappa shape index (κ2) is 6.52. The van der Waals surface area contributed by atoms with Crippen molar-refractivity contribution in [3.05, 3.63) is 25.3 Å². The van der Waals surface area contributed by atoms with Crippen molar-refractivity contribution in [1.29, 1.82) is 0 Å². The lowest BCUT2D eigenvalue weighted by Crippen LogP contribution is -2.13. The fourth-order valence-corrected chi connectivity index (χ4v) is 0.548. The molecule has 0 heterocycles. The van der Waals surface area contributed by atoms with Gasteiger partial charge in [0, 0.05) is 0 Å². The predicted octanol–water partition coefficient (Wildman–Crippen LogP) is 1.13. The summed E-state index contributed by atoms with van der Waals surface area (Å²) in [4.78, 5) is 0. The van der Waals surface area contributed by atoms with Gasteiger partial charge in [0.2, 0.25) is 0 Å². The Hall–Kier alpha value is -0.600. The molecule has 1 unspecified atom stereocenters. The Kier molecular flexibility index (Phi) is 6.13. The van der Waals surface area contributed by atoms with Gasteiger partial charge in [-0.25, -0.2) is 0 Å². The average molecular weight is 142 g/mol. The van der Waals surface area contributed by atoms with E-state index < -0.39 is 6.10 Å². The first-order valence-corrected chi connectivity index (χ1v) is 3.29. The first-order chi connectivity index (χ1) is 4.81. The monoisotopic (exact) mass is 142 g/mol. The summed E-state index contributed by atoms with van der Waals surface area (Å²) in [6.07, 6.45) is 3.48. The average Bonchev–Trinajstić information content (AvgIpc) is 1.89. The highest BCUT2D eigenvalue weighted by atomic mass is 16.5. The van der Waals surface area contributed by atoms with Crippen LogP contribution in [-0.4, -0.2) is 24.4 Å². The molecule has 1 atom stereocenters. The van der Waals surface area contributed by atoms with E-state index in [0.29, 0.717) is 19.6 Å². The maximum atomic E-state index is 9.05. The van der Waals surface area contributed by atoms with Crippen LogP contribution in [0.5, 0.6) is 0 Å². The lowest BCUT2D eigenvalue weighted by atomic mass is 10.3. The number of hydrogen-bond donors (Lipinski definition) is 1. The summed E-state index contributed by atoms with van der Waals surface area (Å²) in [5, 5.41) is 9.05. The first kappa shape index (κ1) is 9.40. The Labute approximate surface area is 61.8 Å². The topological polar surface area (TPSA) is 29.5 Å². The smallest absolute Gasteiger partial charge is 0.0808 e. The minimum Gasteiger partial charge on any atom is -0.390 e. The van der Waals surface area contributed by atoms with E-state index in [2.05, 4.69) is 13.2 Å². The molecule has 0 aromatic carbocycles. The SMILES string of the molecule is C=CCOCC(O)CC=C. The Morgan fingerprint density at radius 2 is 2.10 bits per heavy atom. The van der Waals surface area contributed by atoms with E-state index in [4.69, 9.17) is 9.84 Å². The zero-order valence-electron chi connectivity index (χ0n) is 6.12. The van der Waals surface area contributed by atoms with Crippen LogP contribution < -0.4 is 0 Å². The van der Waals surface area contributed by atoms with Gasteiger partial charge in [-0.05, 0) is 6.42 Å². The second-order valence-electron chi connectivity index (χ2n) is 2.00. The van der Waals surface area contributed by atoms with E-state index in [-0.39, 0.29) is 0 Å². The van der Waals surface area contributed by atoms with Gasteiger partial charge in [-0.1, -0.05) is 12.2 Å². The van der Waals surface area contributed by atoms with E-state index >= 15 is 0 Å². The van der Waals surface area contributed by atoms with Crippen LogP contribution in [0.25, 0.3) is 0 Å². The van der Waals surface area contributed by atoms with Crippen molar-refractivity contribution in [1.82, 2.24) is 0 Å². The third-order valence-electron chi connectivity index (χ3n) is 0.985. The van der Waals surface area contributed by atoms with Gasteiger partial charge in [0.05, 0.1) is 19.3 Å². The number of hydrogen-bond acceptors (Lipinski definition) is 2. The molecule has 2 nitrogen and oxygen atoms in total. The molecule has 0 aliphatic rings. The van der Waals surface area contributed by atoms with Crippen LogP contribution in [0.15, 0.2) is 25.3 Å². The van der Waals surface area contributed by atoms with Gasteiger partial charge in [-0.3, -0.25) is 0 Å². The summed E-state index contributed by atoms with van der Waals surface area (Å²) >= 11 is 0. The van der Waals surface area contributed by atoms with Gasteiger partial charge < -0.3 is 9.84 Å². The van der Waals surface area contributed by atoms with Crippen molar-refractivity contribution >= 4 is 0 Å². The molecule has 58 valence electrons. The van der Waals surface area contributed by atoms with Gasteiger partial charge in [0.15, 0.2) is 0 Å². The molecule has 1 N–H and O–H groups in total. The molecule has 0 radical (unpaired) electrons. The molecule has 0 spiro atoms. The Bertz CT molecular complexity index is 99.4. The van der Waals surface area contributed by atoms with Crippen molar-refractivity contribution in [2.75, 3.05) is 13.2 Å². The van der Waals surface area contributed by atoms with Crippen molar-refractivity contribution in [2.24, 2.45) is 0 Å². The van der Waals surface area contributed by atoms with Crippen molar-refractivity contribution in [3.8, 4) is 0 Å². The standard InChI is InChI=1S/C8H14O2/c1-3-5-8(9)7-10-6-4-2/h3-4,8-9H,1-2,5-7H2. The predicted molar refractivity (Wildman–Crippen MR) is 41.8 cm³/mol. The van der Waals surface area contributed by atoms with Crippen LogP contribution in [0.3, 0.4) is 0 Å². The summed E-state index contributed by atoms with van der Waals surface area (Å²) in [6, 6.07) is 0. The van der Waals surface area contributed by atoms with Crippen LogP contribution in [0.4, 0.5) is 0 Å². The van der Waals surface area contributed by atoms with Gasteiger partial charge >= 0.3 is 0 Å². The lowest BCUT2D eigenvalue weighted by Gasteiger charge is -2.06. The molecule has 0 saturated carbocycles. The van der Waals surface area contributed by atoms with Gasteiger partial charge in [-0.2, -0.15) is 0 Å². The summed E-state index contributed by atoms with van der Waals surface area (Å²) in [5.74, 6) is 0. The highest BCUT2D eigenvalue weighted by Gasteiger charge is 1.98. The van der Waals surface area contributed by atoms with Crippen molar-refractivity contribution < 1.29 is 9.84 Å². The molecule has 0 aromatic heterocycles. The fourth-order valence-electron chi connectivity index (χ4n) is 0.548. The minimum absolute atomic E-state index is 0.359. The quantitative estimate of drug-likeness (QED) is 0.445. The summed E-state index contributed by atoms with van der Waals surface area (Å²) < 4.78 is 4.98. The molecule has 0 amide bonds. The molecule has 0 aliphatic heterocycles. The molecule has 0 bridgehead atoms. The van der Waals surface area contributed by atoms with E-state index in [1.807, 2.05) is 0 Å². The maximum Gasteiger partial charge on any atom is 0.0808 e. The number of aliphatic hydroxyl groups is 1. The van der Waals surface area contributed by atoms with Gasteiger partial charge in [0.1, 0.15) is 0 Å². The summed E-state index contributed by atoms with van der Waals surface area (Å²) in [5.41, 5.74) is 0. The zero-order chi connectivity index (χ0) is 7.82. The van der Waals surface area contributed by atoms with Gasteiger partial charge in [0.25, 0.3) is 0 Å². The first-order valence-electron chi connectivity index (χ1n) is 3.29. The third-order valence-corrected chi connectivity index (χ3v) is 0.985. The van der Waals surface area contributed by atoms with Crippen molar-refractivity contribution in [2.45, 2.75) is 12.5 Å². The molecule has 0 saturated heterocycles. The molecule has 2 heteroatoms. The minimum atomic E-state index is -0.419. The summed E-state index contributed by atoms with van der Waals surface area (Å²) in [7, 11) is 0. The Morgan fingerprint density at radius 1 is 1.40 bits per heavy atom. The zero-order valence-corrected chi connectivity index (χ0v) is 6.12. The molecule has 0 rings (SSSR count). The molecular weight excluding hydrogens is 128 g/mol. The molecular formula is C8H14O2. The van der Waals surface area contributed by atoms with E-state index in [1.54, 1.807) is 12.2 Å². The lowest BCUT2D eigenvalue weighted by molar-refractivity contribution is 0.0512. The Morgan fingerprint density at radius 3 is 2.60 bits per heavy atom. The molecule has 10 heavy (non-hydrogen) atoms. The van der Waals surface area contributed by atoms with Crippen LogP contribution >= 0.6 is 0 Å². The highest BCUT2D eigenvalue weighted by Crippen LogP contribution is 1.92. The van der Waals surface area contributed by atoms with Crippen LogP contribution in [-0.2, 0) is 4.74 Å². The Balaban J connectivity index is 3.11. The summed E-state index contributed by atoms with van der Waals surface area (Å²) in [6.45, 7) is 7.82. The second-order valence-corrected chi connectivity index (χ2v) is 2.00. The fraction of sp³-hybridized carbons (Fsp3) is 0.500. The molecule has 0 fully saturated rings. The van der Waals surface area contributed by atoms with Crippen LogP contribution in [0, 0.1) is 0 Å². The largest absolute Gasteiger partial charge is 0.390 e. The van der Waals surface area contributed by atoms with Crippen LogP contribution in [0.1, 0.15) is 6.42 Å². The van der Waals surface area contributed by atoms with E-state index in [1.165, 1.54) is 0 Å². The maximum absolute atomic E-state index is 9.05. The third kappa shape index (κ3) is 5.54. The normalized spacial score (nSPS) is 12.5. The van der Waals surface area contributed by atoms with E-state index in [9.17, 15) is 0 Å². The highest BCUT2D eigenvalue weighted by molar-refractivity contribution is 4.72. The molecule has 0 aromatic rings. The number of ether oxygens (including phenoxy) is 1. The molecule has 0 aliphatic carbocycles. The van der Waals surface area contributed by atoms with Crippen LogP contribution in [0.2, 0.25) is 0 Å². The number of aliphatic hydroxyl groups excluding tert-OH is 1. The van der Waals surface area contributed by atoms with E-state index in [0.717, 1.165) is 0 Å².